The highest BCUT2D eigenvalue weighted by Crippen LogP contribution is 2.33. The van der Waals surface area contributed by atoms with E-state index in [0.717, 1.165) is 73.0 Å². The van der Waals surface area contributed by atoms with Crippen molar-refractivity contribution in [1.82, 2.24) is 24.6 Å². The molecule has 3 atom stereocenters. The van der Waals surface area contributed by atoms with Gasteiger partial charge in [-0.05, 0) is 63.0 Å². The highest BCUT2D eigenvalue weighted by molar-refractivity contribution is 7.17. The number of carbonyl (C=O) groups excluding carboxylic acids is 2. The summed E-state index contributed by atoms with van der Waals surface area (Å²) in [7, 11) is 1.84. The lowest BCUT2D eigenvalue weighted by atomic mass is 9.99. The number of aromatic nitrogens is 4. The number of fused-ring (bicyclic) bond motifs is 1. The Labute approximate surface area is 256 Å². The zero-order valence-electron chi connectivity index (χ0n) is 25.3. The normalized spacial score (nSPS) is 17.9. The van der Waals surface area contributed by atoms with Crippen molar-refractivity contribution in [3.05, 3.63) is 35.4 Å². The number of amides is 2. The van der Waals surface area contributed by atoms with Gasteiger partial charge in [-0.2, -0.15) is 10.1 Å². The van der Waals surface area contributed by atoms with Crippen molar-refractivity contribution in [2.75, 3.05) is 6.54 Å². The molecule has 4 heterocycles. The summed E-state index contributed by atoms with van der Waals surface area (Å²) in [5.41, 5.74) is 8.10. The molecule has 43 heavy (non-hydrogen) atoms. The number of unbranched alkanes of at least 4 members (excludes halogenated alkanes) is 4. The number of aliphatic hydroxyl groups is 2. The molecule has 3 aromatic rings. The quantitative estimate of drug-likeness (QED) is 0.123. The Hall–Kier alpha value is -3.35. The standard InChI is InChI=1S/C31H44N6O5S/c1-4-21(31(40)41)13-11-9-7-5-6-8-10-12-14-26(38)37-19-22(18-24(37)28(32)39)42-30-27-23(15-16-43-27)33-29(34-30)25-17-20(2)35-36(25)3/h7,9,15-17,21-22,24,31,40-41H,4-6,8,10-14,18-19H2,1-3H3,(H2,32,39)/b9-7-/t21-,22?,24+/m1/s1. The predicted octanol–water partition coefficient (Wildman–Crippen LogP) is 4.25. The first-order chi connectivity index (χ1) is 20.7. The van der Waals surface area contributed by atoms with Crippen LogP contribution in [0.4, 0.5) is 0 Å². The predicted molar refractivity (Wildman–Crippen MR) is 166 cm³/mol. The fourth-order valence-corrected chi connectivity index (χ4v) is 6.34. The van der Waals surface area contributed by atoms with Gasteiger partial charge in [-0.1, -0.05) is 31.9 Å². The van der Waals surface area contributed by atoms with Gasteiger partial charge in [-0.15, -0.1) is 11.3 Å². The van der Waals surface area contributed by atoms with Crippen LogP contribution in [0.2, 0.25) is 0 Å². The van der Waals surface area contributed by atoms with E-state index in [1.54, 1.807) is 9.58 Å². The number of hydrogen-bond acceptors (Lipinski definition) is 9. The number of rotatable bonds is 16. The molecule has 1 fully saturated rings. The number of primary amides is 1. The smallest absolute Gasteiger partial charge is 0.240 e. The maximum atomic E-state index is 13.1. The van der Waals surface area contributed by atoms with E-state index in [9.17, 15) is 19.8 Å². The lowest BCUT2D eigenvalue weighted by molar-refractivity contribution is -0.137. The van der Waals surface area contributed by atoms with Crippen molar-refractivity contribution in [2.45, 2.75) is 96.5 Å². The van der Waals surface area contributed by atoms with Crippen LogP contribution in [0.3, 0.4) is 0 Å². The number of ether oxygens (including phenoxy) is 1. The molecule has 1 aliphatic heterocycles. The number of hydrogen-bond donors (Lipinski definition) is 3. The average molecular weight is 613 g/mol. The average Bonchev–Trinajstić information content (AvgIpc) is 3.69. The summed E-state index contributed by atoms with van der Waals surface area (Å²) in [6.45, 7) is 4.15. The van der Waals surface area contributed by atoms with Crippen molar-refractivity contribution in [1.29, 1.82) is 0 Å². The lowest BCUT2D eigenvalue weighted by Gasteiger charge is -2.21. The van der Waals surface area contributed by atoms with E-state index >= 15 is 0 Å². The van der Waals surface area contributed by atoms with Crippen molar-refractivity contribution in [3.8, 4) is 17.4 Å². The minimum absolute atomic E-state index is 0.0763. The van der Waals surface area contributed by atoms with E-state index in [1.165, 1.54) is 11.3 Å². The lowest BCUT2D eigenvalue weighted by Crippen LogP contribution is -2.43. The molecule has 0 radical (unpaired) electrons. The monoisotopic (exact) mass is 612 g/mol. The molecule has 1 aliphatic rings. The summed E-state index contributed by atoms with van der Waals surface area (Å²) < 4.78 is 8.89. The number of likely N-dealkylation sites (tertiary alicyclic amines) is 1. The van der Waals surface area contributed by atoms with E-state index in [-0.39, 0.29) is 18.4 Å². The SMILES string of the molecule is CC[C@H](CC/C=C\CCCCCCC(=O)N1CC(Oc2nc(-c3cc(C)nn3C)nc3ccsc23)C[C@H]1C(N)=O)C(O)O. The van der Waals surface area contributed by atoms with Crippen molar-refractivity contribution >= 4 is 33.4 Å². The van der Waals surface area contributed by atoms with Crippen LogP contribution < -0.4 is 10.5 Å². The Kier molecular flexibility index (Phi) is 11.7. The number of aliphatic hydroxyl groups excluding tert-OH is 1. The van der Waals surface area contributed by atoms with Gasteiger partial charge in [0.05, 0.1) is 17.8 Å². The van der Waals surface area contributed by atoms with E-state index in [1.807, 2.05) is 38.4 Å². The number of carbonyl (C=O) groups is 2. The third-order valence-corrected chi connectivity index (χ3v) is 8.91. The Balaban J connectivity index is 1.26. The van der Waals surface area contributed by atoms with Gasteiger partial charge in [0.15, 0.2) is 12.1 Å². The second-order valence-electron chi connectivity index (χ2n) is 11.3. The summed E-state index contributed by atoms with van der Waals surface area (Å²) in [6.07, 6.45) is 10.3. The minimum Gasteiger partial charge on any atom is -0.471 e. The zero-order valence-corrected chi connectivity index (χ0v) is 26.1. The Morgan fingerprint density at radius 2 is 1.95 bits per heavy atom. The fraction of sp³-hybridized carbons (Fsp3) is 0.581. The number of aryl methyl sites for hydroxylation is 2. The molecule has 0 aromatic carbocycles. The van der Waals surface area contributed by atoms with Gasteiger partial charge in [-0.25, -0.2) is 4.98 Å². The van der Waals surface area contributed by atoms with Gasteiger partial charge in [-0.3, -0.25) is 14.3 Å². The van der Waals surface area contributed by atoms with Gasteiger partial charge in [0, 0.05) is 25.8 Å². The molecule has 4 rings (SSSR count). The van der Waals surface area contributed by atoms with Crippen LogP contribution >= 0.6 is 11.3 Å². The third kappa shape index (κ3) is 8.61. The topological polar surface area (TPSA) is 157 Å². The summed E-state index contributed by atoms with van der Waals surface area (Å²) in [6, 6.07) is 3.13. The molecule has 0 bridgehead atoms. The van der Waals surface area contributed by atoms with E-state index in [4.69, 9.17) is 15.5 Å². The maximum Gasteiger partial charge on any atom is 0.240 e. The summed E-state index contributed by atoms with van der Waals surface area (Å²) in [5.74, 6) is 0.249. The molecule has 234 valence electrons. The van der Waals surface area contributed by atoms with E-state index in [2.05, 4.69) is 22.2 Å². The van der Waals surface area contributed by atoms with Crippen LogP contribution in [0.1, 0.15) is 76.8 Å². The molecule has 3 aromatic heterocycles. The molecule has 4 N–H and O–H groups in total. The first-order valence-electron chi connectivity index (χ1n) is 15.2. The van der Waals surface area contributed by atoms with Crippen molar-refractivity contribution in [2.24, 2.45) is 18.7 Å². The highest BCUT2D eigenvalue weighted by atomic mass is 32.1. The van der Waals surface area contributed by atoms with Gasteiger partial charge >= 0.3 is 0 Å². The van der Waals surface area contributed by atoms with Crippen molar-refractivity contribution in [3.63, 3.8) is 0 Å². The van der Waals surface area contributed by atoms with Crippen LogP contribution in [-0.2, 0) is 16.6 Å². The van der Waals surface area contributed by atoms with Crippen molar-refractivity contribution < 1.29 is 24.5 Å². The number of nitrogens with two attached hydrogens (primary N) is 1. The van der Waals surface area contributed by atoms with Crippen LogP contribution in [-0.4, -0.2) is 71.7 Å². The second-order valence-corrected chi connectivity index (χ2v) is 12.2. The third-order valence-electron chi connectivity index (χ3n) is 8.02. The Morgan fingerprint density at radius 1 is 1.19 bits per heavy atom. The summed E-state index contributed by atoms with van der Waals surface area (Å²) >= 11 is 1.48. The zero-order chi connectivity index (χ0) is 30.9. The number of thiophene rings is 1. The van der Waals surface area contributed by atoms with Gasteiger partial charge in [0.1, 0.15) is 22.5 Å². The molecular weight excluding hydrogens is 568 g/mol. The minimum atomic E-state index is -1.25. The highest BCUT2D eigenvalue weighted by Gasteiger charge is 2.40. The van der Waals surface area contributed by atoms with E-state index in [0.29, 0.717) is 24.5 Å². The molecule has 12 heteroatoms. The van der Waals surface area contributed by atoms with Crippen LogP contribution in [0.15, 0.2) is 29.7 Å². The van der Waals surface area contributed by atoms with Crippen LogP contribution in [0.5, 0.6) is 5.88 Å². The van der Waals surface area contributed by atoms with E-state index < -0.39 is 24.3 Å². The summed E-state index contributed by atoms with van der Waals surface area (Å²) in [5, 5.41) is 25.0. The Bertz CT molecular complexity index is 1400. The number of allylic oxidation sites excluding steroid dienone is 2. The van der Waals surface area contributed by atoms with Gasteiger partial charge in [0.2, 0.25) is 17.7 Å². The first-order valence-corrected chi connectivity index (χ1v) is 16.1. The van der Waals surface area contributed by atoms with Crippen LogP contribution in [0.25, 0.3) is 21.7 Å². The number of nitrogens with zero attached hydrogens (tertiary/aromatic N) is 5. The fourth-order valence-electron chi connectivity index (χ4n) is 5.58. The largest absolute Gasteiger partial charge is 0.471 e. The molecule has 1 saturated heterocycles. The summed E-state index contributed by atoms with van der Waals surface area (Å²) in [4.78, 5) is 36.4. The first kappa shape index (κ1) is 32.6. The van der Waals surface area contributed by atoms with Gasteiger partial charge in [0.25, 0.3) is 0 Å². The van der Waals surface area contributed by atoms with Crippen LogP contribution in [0, 0.1) is 12.8 Å². The molecule has 11 nitrogen and oxygen atoms in total. The molecule has 0 aliphatic carbocycles. The molecule has 1 unspecified atom stereocenters. The molecule has 0 spiro atoms. The molecular formula is C31H44N6O5S. The molecule has 2 amide bonds. The maximum absolute atomic E-state index is 13.1. The Morgan fingerprint density at radius 3 is 2.65 bits per heavy atom. The van der Waals surface area contributed by atoms with Gasteiger partial charge < -0.3 is 25.6 Å². The second kappa shape index (κ2) is 15.4. The molecule has 0 saturated carbocycles.